The third kappa shape index (κ3) is 4.47. The zero-order valence-corrected chi connectivity index (χ0v) is 12.5. The Hall–Kier alpha value is -2.05. The summed E-state index contributed by atoms with van der Waals surface area (Å²) in [7, 11) is 0. The van der Waals surface area contributed by atoms with E-state index in [2.05, 4.69) is 0 Å². The van der Waals surface area contributed by atoms with Gasteiger partial charge in [-0.1, -0.05) is 43.7 Å². The molecule has 1 N–H and O–H groups in total. The molecule has 0 spiro atoms. The number of alkyl halides is 3. The fourth-order valence-electron chi connectivity index (χ4n) is 2.24. The van der Waals surface area contributed by atoms with E-state index in [1.807, 2.05) is 0 Å². The summed E-state index contributed by atoms with van der Waals surface area (Å²) in [5.74, 6) is -4.26. The van der Waals surface area contributed by atoms with E-state index >= 15 is 0 Å². The molecule has 1 atom stereocenters. The van der Waals surface area contributed by atoms with Crippen molar-refractivity contribution in [2.24, 2.45) is 5.92 Å². The molecule has 1 unspecified atom stereocenters. The number of hydrogen-bond donors (Lipinski definition) is 1. The van der Waals surface area contributed by atoms with Crippen molar-refractivity contribution in [2.75, 3.05) is 0 Å². The highest BCUT2D eigenvalue weighted by atomic mass is 19.4. The molecule has 1 aromatic rings. The number of carbonyl (C=O) groups excluding carboxylic acids is 1. The second-order valence-electron chi connectivity index (χ2n) is 5.45. The van der Waals surface area contributed by atoms with Crippen LogP contribution < -0.4 is 0 Å². The van der Waals surface area contributed by atoms with E-state index in [0.717, 1.165) is 5.56 Å². The topological polar surface area (TPSA) is 57.6 Å². The van der Waals surface area contributed by atoms with Gasteiger partial charge in [-0.15, -0.1) is 0 Å². The highest BCUT2D eigenvalue weighted by Gasteiger charge is 2.46. The second kappa shape index (κ2) is 6.81. The first-order chi connectivity index (χ1) is 10.0. The van der Waals surface area contributed by atoms with Crippen LogP contribution in [0.2, 0.25) is 0 Å². The first-order valence-corrected chi connectivity index (χ1v) is 6.70. The predicted molar refractivity (Wildman–Crippen MR) is 74.0 cm³/mol. The number of halogens is 3. The Balaban J connectivity index is 3.21. The molecule has 22 heavy (non-hydrogen) atoms. The molecule has 1 amide bonds. The van der Waals surface area contributed by atoms with Crippen LogP contribution in [0.25, 0.3) is 0 Å². The molecule has 122 valence electrons. The van der Waals surface area contributed by atoms with Crippen molar-refractivity contribution in [2.45, 2.75) is 39.5 Å². The van der Waals surface area contributed by atoms with Gasteiger partial charge in [0.2, 0.25) is 0 Å². The molecule has 0 aliphatic carbocycles. The number of benzene rings is 1. The van der Waals surface area contributed by atoms with Crippen LogP contribution in [-0.4, -0.2) is 34.1 Å². The van der Waals surface area contributed by atoms with E-state index < -0.39 is 36.6 Å². The van der Waals surface area contributed by atoms with Crippen molar-refractivity contribution in [3.8, 4) is 0 Å². The average Bonchev–Trinajstić information content (AvgIpc) is 2.35. The average molecular weight is 317 g/mol. The van der Waals surface area contributed by atoms with Crippen LogP contribution in [-0.2, 0) is 16.1 Å². The summed E-state index contributed by atoms with van der Waals surface area (Å²) in [5, 5.41) is 9.20. The quantitative estimate of drug-likeness (QED) is 0.908. The molecule has 0 bridgehead atoms. The van der Waals surface area contributed by atoms with Gasteiger partial charge in [0, 0.05) is 6.54 Å². The molecule has 0 fully saturated rings. The fraction of sp³-hybridized carbons (Fsp3) is 0.467. The summed E-state index contributed by atoms with van der Waals surface area (Å²) < 4.78 is 38.4. The minimum absolute atomic E-state index is 0.377. The molecule has 0 aliphatic rings. The van der Waals surface area contributed by atoms with Crippen LogP contribution in [0.4, 0.5) is 13.2 Å². The summed E-state index contributed by atoms with van der Waals surface area (Å²) >= 11 is 0. The van der Waals surface area contributed by atoms with Gasteiger partial charge in [-0.2, -0.15) is 13.2 Å². The fourth-order valence-corrected chi connectivity index (χ4v) is 2.24. The van der Waals surface area contributed by atoms with Gasteiger partial charge in [0.1, 0.15) is 6.04 Å². The first kappa shape index (κ1) is 18.0. The largest absolute Gasteiger partial charge is 0.480 e. The summed E-state index contributed by atoms with van der Waals surface area (Å²) in [5.41, 5.74) is 1.26. The Morgan fingerprint density at radius 2 is 1.86 bits per heavy atom. The SMILES string of the molecule is Cc1cccc(CN(C(=O)C(F)(F)F)C(C(=O)O)C(C)C)c1. The molecule has 4 nitrogen and oxygen atoms in total. The smallest absolute Gasteiger partial charge is 0.471 e. The van der Waals surface area contributed by atoms with E-state index in [0.29, 0.717) is 10.5 Å². The Kier molecular flexibility index (Phi) is 5.57. The number of nitrogens with zero attached hydrogens (tertiary/aromatic N) is 1. The van der Waals surface area contributed by atoms with E-state index in [4.69, 9.17) is 0 Å². The van der Waals surface area contributed by atoms with Crippen LogP contribution >= 0.6 is 0 Å². The van der Waals surface area contributed by atoms with Gasteiger partial charge in [-0.25, -0.2) is 4.79 Å². The molecule has 0 heterocycles. The Labute approximate surface area is 126 Å². The lowest BCUT2D eigenvalue weighted by Gasteiger charge is -2.32. The number of carboxylic acids is 1. The van der Waals surface area contributed by atoms with Crippen LogP contribution in [0.1, 0.15) is 25.0 Å². The number of carboxylic acid groups (broad SMARTS) is 1. The summed E-state index contributed by atoms with van der Waals surface area (Å²) in [6.45, 7) is 4.28. The number of amides is 1. The molecule has 0 saturated heterocycles. The molecular formula is C15H18F3NO3. The Morgan fingerprint density at radius 1 is 1.27 bits per heavy atom. The zero-order chi connectivity index (χ0) is 17.1. The van der Waals surface area contributed by atoms with Gasteiger partial charge in [0.05, 0.1) is 0 Å². The first-order valence-electron chi connectivity index (χ1n) is 6.70. The standard InChI is InChI=1S/C15H18F3NO3/c1-9(2)12(13(20)21)19(14(22)15(16,17)18)8-11-6-4-5-10(3)7-11/h4-7,9,12H,8H2,1-3H3,(H,20,21). The lowest BCUT2D eigenvalue weighted by Crippen LogP contribution is -2.52. The number of aryl methyl sites for hydroxylation is 1. The monoisotopic (exact) mass is 317 g/mol. The summed E-state index contributed by atoms with van der Waals surface area (Å²) in [4.78, 5) is 23.3. The number of hydrogen-bond acceptors (Lipinski definition) is 2. The van der Waals surface area contributed by atoms with Crippen molar-refractivity contribution in [1.29, 1.82) is 0 Å². The van der Waals surface area contributed by atoms with E-state index in [1.165, 1.54) is 13.8 Å². The number of rotatable bonds is 5. The van der Waals surface area contributed by atoms with E-state index in [9.17, 15) is 27.9 Å². The van der Waals surface area contributed by atoms with Crippen molar-refractivity contribution < 1.29 is 27.9 Å². The molecule has 0 aliphatic heterocycles. The van der Waals surface area contributed by atoms with Crippen molar-refractivity contribution >= 4 is 11.9 Å². The normalized spacial score (nSPS) is 13.0. The van der Waals surface area contributed by atoms with Crippen LogP contribution in [0, 0.1) is 12.8 Å². The van der Waals surface area contributed by atoms with Gasteiger partial charge in [0.25, 0.3) is 0 Å². The molecule has 1 aromatic carbocycles. The third-order valence-corrected chi connectivity index (χ3v) is 3.16. The minimum atomic E-state index is -5.12. The Morgan fingerprint density at radius 3 is 2.27 bits per heavy atom. The van der Waals surface area contributed by atoms with Crippen molar-refractivity contribution in [1.82, 2.24) is 4.90 Å². The number of aliphatic carboxylic acids is 1. The summed E-state index contributed by atoms with van der Waals surface area (Å²) in [6, 6.07) is 5.04. The minimum Gasteiger partial charge on any atom is -0.480 e. The van der Waals surface area contributed by atoms with Crippen LogP contribution in [0.15, 0.2) is 24.3 Å². The molecule has 7 heteroatoms. The van der Waals surface area contributed by atoms with Crippen molar-refractivity contribution in [3.05, 3.63) is 35.4 Å². The maximum atomic E-state index is 12.8. The summed E-state index contributed by atoms with van der Waals surface area (Å²) in [6.07, 6.45) is -5.12. The second-order valence-corrected chi connectivity index (χ2v) is 5.45. The van der Waals surface area contributed by atoms with Crippen molar-refractivity contribution in [3.63, 3.8) is 0 Å². The highest BCUT2D eigenvalue weighted by Crippen LogP contribution is 2.24. The molecule has 0 aromatic heterocycles. The van der Waals surface area contributed by atoms with Gasteiger partial charge in [-0.3, -0.25) is 4.79 Å². The van der Waals surface area contributed by atoms with E-state index in [-0.39, 0.29) is 0 Å². The number of carbonyl (C=O) groups is 2. The maximum absolute atomic E-state index is 12.8. The molecular weight excluding hydrogens is 299 g/mol. The van der Waals surface area contributed by atoms with Gasteiger partial charge in [-0.05, 0) is 18.4 Å². The lowest BCUT2D eigenvalue weighted by molar-refractivity contribution is -0.191. The maximum Gasteiger partial charge on any atom is 0.471 e. The van der Waals surface area contributed by atoms with Gasteiger partial charge in [0.15, 0.2) is 0 Å². The molecule has 0 saturated carbocycles. The Bertz CT molecular complexity index is 555. The van der Waals surface area contributed by atoms with Gasteiger partial charge < -0.3 is 10.0 Å². The van der Waals surface area contributed by atoms with Gasteiger partial charge >= 0.3 is 18.1 Å². The predicted octanol–water partition coefficient (Wildman–Crippen LogP) is 3.00. The molecule has 1 rings (SSSR count). The van der Waals surface area contributed by atoms with Crippen LogP contribution in [0.3, 0.4) is 0 Å². The molecule has 0 radical (unpaired) electrons. The lowest BCUT2D eigenvalue weighted by atomic mass is 10.0. The van der Waals surface area contributed by atoms with Crippen LogP contribution in [0.5, 0.6) is 0 Å². The highest BCUT2D eigenvalue weighted by molar-refractivity contribution is 5.87. The van der Waals surface area contributed by atoms with E-state index in [1.54, 1.807) is 31.2 Å². The zero-order valence-electron chi connectivity index (χ0n) is 12.5. The third-order valence-electron chi connectivity index (χ3n) is 3.16.